The van der Waals surface area contributed by atoms with E-state index in [9.17, 15) is 4.79 Å². The van der Waals surface area contributed by atoms with Crippen LogP contribution in [-0.2, 0) is 18.1 Å². The molecule has 3 aromatic carbocycles. The summed E-state index contributed by atoms with van der Waals surface area (Å²) in [4.78, 5) is 20.0. The molecular weight excluding hydrogens is 456 g/mol. The van der Waals surface area contributed by atoms with Gasteiger partial charge in [0.1, 0.15) is 19.0 Å². The van der Waals surface area contributed by atoms with Crippen LogP contribution in [0.5, 0.6) is 5.75 Å². The fraction of sp³-hybridized carbons (Fsp3) is 0.345. The van der Waals surface area contributed by atoms with E-state index in [4.69, 9.17) is 9.57 Å². The quantitative estimate of drug-likeness (QED) is 0.226. The number of nitrogens with zero attached hydrogens (tertiary/aromatic N) is 2. The third-order valence-corrected chi connectivity index (χ3v) is 7.02. The van der Waals surface area contributed by atoms with Gasteiger partial charge < -0.3 is 4.74 Å². The standard InChI is InChI=1S/C29H34N2O3S/c1-23(2)26-16-17-28(33-21-24-12-6-3-7-13-24)27(20-26)29(32)31(35-30-18-10-5-11-19-30)34-22-25-14-8-4-9-15-25/h3-4,6-9,12-17,20,23H,5,10-11,18-19,21-22H2,1-2H3. The van der Waals surface area contributed by atoms with Crippen molar-refractivity contribution in [2.24, 2.45) is 0 Å². The second-order valence-corrected chi connectivity index (χ2v) is 10.1. The molecule has 1 saturated heterocycles. The number of carbonyl (C=O) groups excluding carboxylic acids is 1. The van der Waals surface area contributed by atoms with Crippen LogP contribution in [0.2, 0.25) is 0 Å². The highest BCUT2D eigenvalue weighted by atomic mass is 32.2. The first-order valence-electron chi connectivity index (χ1n) is 12.3. The second kappa shape index (κ2) is 12.8. The number of ether oxygens (including phenoxy) is 1. The molecule has 6 heteroatoms. The van der Waals surface area contributed by atoms with Crippen LogP contribution in [0.3, 0.4) is 0 Å². The minimum absolute atomic E-state index is 0.206. The molecule has 4 rings (SSSR count). The molecule has 1 aliphatic rings. The molecule has 1 heterocycles. The zero-order valence-electron chi connectivity index (χ0n) is 20.6. The Morgan fingerprint density at radius 3 is 2.14 bits per heavy atom. The topological polar surface area (TPSA) is 42.0 Å². The number of hydroxylamine groups is 1. The second-order valence-electron chi connectivity index (χ2n) is 9.08. The van der Waals surface area contributed by atoms with Crippen molar-refractivity contribution in [1.82, 2.24) is 8.77 Å². The summed E-state index contributed by atoms with van der Waals surface area (Å²) in [5, 5.41) is 0. The van der Waals surface area contributed by atoms with Gasteiger partial charge in [-0.15, -0.1) is 4.47 Å². The van der Waals surface area contributed by atoms with Crippen LogP contribution in [0, 0.1) is 0 Å². The normalized spacial score (nSPS) is 14.1. The third-order valence-electron chi connectivity index (χ3n) is 6.00. The van der Waals surface area contributed by atoms with E-state index in [0.717, 1.165) is 42.6 Å². The van der Waals surface area contributed by atoms with Gasteiger partial charge in [0.15, 0.2) is 0 Å². The molecular formula is C29H34N2O3S. The molecule has 1 aliphatic heterocycles. The van der Waals surface area contributed by atoms with E-state index in [1.165, 1.54) is 23.0 Å². The first-order valence-corrected chi connectivity index (χ1v) is 13.1. The summed E-state index contributed by atoms with van der Waals surface area (Å²) in [6.45, 7) is 6.84. The van der Waals surface area contributed by atoms with Crippen LogP contribution >= 0.6 is 12.1 Å². The smallest absolute Gasteiger partial charge is 0.292 e. The van der Waals surface area contributed by atoms with Gasteiger partial charge in [-0.25, -0.2) is 4.31 Å². The molecule has 0 aromatic heterocycles. The zero-order chi connectivity index (χ0) is 24.5. The Hall–Kier alpha value is -2.80. The molecule has 0 radical (unpaired) electrons. The molecule has 0 saturated carbocycles. The van der Waals surface area contributed by atoms with Crippen molar-refractivity contribution < 1.29 is 14.4 Å². The summed E-state index contributed by atoms with van der Waals surface area (Å²) >= 11 is 1.36. The number of rotatable bonds is 10. The van der Waals surface area contributed by atoms with Crippen LogP contribution in [0.25, 0.3) is 0 Å². The van der Waals surface area contributed by atoms with Crippen LogP contribution in [-0.4, -0.2) is 27.8 Å². The maximum atomic E-state index is 13.9. The highest BCUT2D eigenvalue weighted by Crippen LogP contribution is 2.31. The molecule has 0 atom stereocenters. The van der Waals surface area contributed by atoms with Crippen molar-refractivity contribution in [3.63, 3.8) is 0 Å². The van der Waals surface area contributed by atoms with Crippen LogP contribution in [0.1, 0.15) is 66.1 Å². The molecule has 1 fully saturated rings. The Morgan fingerprint density at radius 1 is 0.886 bits per heavy atom. The van der Waals surface area contributed by atoms with Gasteiger partial charge in [-0.1, -0.05) is 87.0 Å². The molecule has 1 amide bonds. The molecule has 0 aliphatic carbocycles. The van der Waals surface area contributed by atoms with Crippen LogP contribution in [0.15, 0.2) is 78.9 Å². The summed E-state index contributed by atoms with van der Waals surface area (Å²) < 4.78 is 9.81. The van der Waals surface area contributed by atoms with E-state index in [1.807, 2.05) is 78.9 Å². The lowest BCUT2D eigenvalue weighted by molar-refractivity contribution is -0.0648. The number of carbonyl (C=O) groups is 1. The van der Waals surface area contributed by atoms with Crippen molar-refractivity contribution in [3.8, 4) is 5.75 Å². The summed E-state index contributed by atoms with van der Waals surface area (Å²) in [6, 6.07) is 25.8. The number of piperidine rings is 1. The van der Waals surface area contributed by atoms with Crippen molar-refractivity contribution in [2.75, 3.05) is 13.1 Å². The van der Waals surface area contributed by atoms with Crippen molar-refractivity contribution in [2.45, 2.75) is 52.2 Å². The molecule has 0 spiro atoms. The lowest BCUT2D eigenvalue weighted by atomic mass is 10.00. The predicted molar refractivity (Wildman–Crippen MR) is 142 cm³/mol. The first-order chi connectivity index (χ1) is 17.1. The Kier molecular flexibility index (Phi) is 9.23. The largest absolute Gasteiger partial charge is 0.488 e. The van der Waals surface area contributed by atoms with Gasteiger partial charge in [-0.2, -0.15) is 0 Å². The number of amides is 1. The molecule has 35 heavy (non-hydrogen) atoms. The minimum atomic E-state index is -0.206. The maximum absolute atomic E-state index is 13.9. The number of hydrogen-bond donors (Lipinski definition) is 0. The summed E-state index contributed by atoms with van der Waals surface area (Å²) in [6.07, 6.45) is 3.48. The van der Waals surface area contributed by atoms with Gasteiger partial charge in [-0.3, -0.25) is 9.63 Å². The fourth-order valence-corrected chi connectivity index (χ4v) is 4.82. The Bertz CT molecular complexity index is 1070. The summed E-state index contributed by atoms with van der Waals surface area (Å²) in [5.74, 6) is 0.649. The molecule has 5 nitrogen and oxygen atoms in total. The van der Waals surface area contributed by atoms with Gasteiger partial charge in [0.25, 0.3) is 5.91 Å². The van der Waals surface area contributed by atoms with E-state index >= 15 is 0 Å². The Balaban J connectivity index is 1.58. The van der Waals surface area contributed by atoms with Crippen molar-refractivity contribution in [3.05, 3.63) is 101 Å². The zero-order valence-corrected chi connectivity index (χ0v) is 21.4. The monoisotopic (exact) mass is 490 g/mol. The Labute approximate surface area is 213 Å². The summed E-state index contributed by atoms with van der Waals surface area (Å²) in [5.41, 5.74) is 3.68. The van der Waals surface area contributed by atoms with Gasteiger partial charge in [0.2, 0.25) is 0 Å². The average Bonchev–Trinajstić information content (AvgIpc) is 2.91. The fourth-order valence-electron chi connectivity index (χ4n) is 3.91. The van der Waals surface area contributed by atoms with Gasteiger partial charge in [-0.05, 0) is 47.6 Å². The third kappa shape index (κ3) is 7.34. The van der Waals surface area contributed by atoms with E-state index in [1.54, 1.807) is 0 Å². The molecule has 0 bridgehead atoms. The maximum Gasteiger partial charge on any atom is 0.292 e. The minimum Gasteiger partial charge on any atom is -0.488 e. The van der Waals surface area contributed by atoms with Crippen molar-refractivity contribution >= 4 is 18.0 Å². The van der Waals surface area contributed by atoms with Crippen molar-refractivity contribution in [1.29, 1.82) is 0 Å². The first kappa shape index (κ1) is 25.3. The van der Waals surface area contributed by atoms with Gasteiger partial charge >= 0.3 is 0 Å². The molecule has 184 valence electrons. The van der Waals surface area contributed by atoms with Crippen LogP contribution < -0.4 is 4.74 Å². The van der Waals surface area contributed by atoms with E-state index in [2.05, 4.69) is 18.2 Å². The number of benzene rings is 3. The summed E-state index contributed by atoms with van der Waals surface area (Å²) in [7, 11) is 0. The highest BCUT2D eigenvalue weighted by molar-refractivity contribution is 7.95. The lowest BCUT2D eigenvalue weighted by Crippen LogP contribution is -2.33. The lowest BCUT2D eigenvalue weighted by Gasteiger charge is -2.30. The average molecular weight is 491 g/mol. The SMILES string of the molecule is CC(C)c1ccc(OCc2ccccc2)c(C(=O)N(OCc2ccccc2)SN2CCCCC2)c1. The van der Waals surface area contributed by atoms with E-state index < -0.39 is 0 Å². The molecule has 0 unspecified atom stereocenters. The van der Waals surface area contributed by atoms with Gasteiger partial charge in [0, 0.05) is 13.1 Å². The Morgan fingerprint density at radius 2 is 1.51 bits per heavy atom. The number of hydrogen-bond acceptors (Lipinski definition) is 5. The van der Waals surface area contributed by atoms with E-state index in [-0.39, 0.29) is 11.8 Å². The van der Waals surface area contributed by atoms with Crippen LogP contribution in [0.4, 0.5) is 0 Å². The van der Waals surface area contributed by atoms with Gasteiger partial charge in [0.05, 0.1) is 17.7 Å². The van der Waals surface area contributed by atoms with E-state index in [0.29, 0.717) is 24.5 Å². The molecule has 0 N–H and O–H groups in total. The predicted octanol–water partition coefficient (Wildman–Crippen LogP) is 7.01. The highest BCUT2D eigenvalue weighted by Gasteiger charge is 2.26. The molecule has 3 aromatic rings.